The first kappa shape index (κ1) is 14.9. The molecule has 2 rings (SSSR count). The first-order chi connectivity index (χ1) is 9.71. The van der Waals surface area contributed by atoms with E-state index >= 15 is 0 Å². The van der Waals surface area contributed by atoms with E-state index in [1.54, 1.807) is 14.2 Å². The summed E-state index contributed by atoms with van der Waals surface area (Å²) in [4.78, 5) is 13.2. The summed E-state index contributed by atoms with van der Waals surface area (Å²) in [6.45, 7) is 0. The second kappa shape index (κ2) is 6.81. The molecule has 0 bridgehead atoms. The van der Waals surface area contributed by atoms with Gasteiger partial charge in [-0.2, -0.15) is 4.98 Å². The first-order valence-electron chi connectivity index (χ1n) is 5.78. The highest BCUT2D eigenvalue weighted by molar-refractivity contribution is 7.99. The summed E-state index contributed by atoms with van der Waals surface area (Å²) >= 11 is 2.97. The van der Waals surface area contributed by atoms with Crippen molar-refractivity contribution in [3.05, 3.63) is 18.2 Å². The predicted molar refractivity (Wildman–Crippen MR) is 81.9 cm³/mol. The van der Waals surface area contributed by atoms with Gasteiger partial charge in [-0.05, 0) is 24.6 Å². The molecule has 0 saturated heterocycles. The molecule has 0 fully saturated rings. The summed E-state index contributed by atoms with van der Waals surface area (Å²) in [6, 6.07) is 5.57. The van der Waals surface area contributed by atoms with Gasteiger partial charge in [0.1, 0.15) is 11.5 Å². The van der Waals surface area contributed by atoms with Crippen molar-refractivity contribution in [2.75, 3.05) is 26.7 Å². The number of methoxy groups -OCH3 is 2. The van der Waals surface area contributed by atoms with E-state index in [2.05, 4.69) is 15.0 Å². The SMILES string of the molecule is COc1ccc(-c2nc(SC)nc(SC)n2)c(OC)c1. The van der Waals surface area contributed by atoms with Gasteiger partial charge in [0.15, 0.2) is 16.1 Å². The van der Waals surface area contributed by atoms with E-state index in [-0.39, 0.29) is 0 Å². The number of ether oxygens (including phenoxy) is 2. The molecule has 1 aromatic heterocycles. The molecule has 0 amide bonds. The van der Waals surface area contributed by atoms with Crippen LogP contribution in [0.25, 0.3) is 11.4 Å². The summed E-state index contributed by atoms with van der Waals surface area (Å²) in [5, 5.41) is 1.38. The topological polar surface area (TPSA) is 57.1 Å². The largest absolute Gasteiger partial charge is 0.497 e. The van der Waals surface area contributed by atoms with Gasteiger partial charge in [0.05, 0.1) is 19.8 Å². The minimum atomic E-state index is 0.605. The standard InChI is InChI=1S/C13H15N3O2S2/c1-17-8-5-6-9(10(7-8)18-2)11-14-12(19-3)16-13(15-11)20-4/h5-7H,1-4H3. The maximum Gasteiger partial charge on any atom is 0.191 e. The molecule has 0 aliphatic rings. The maximum atomic E-state index is 5.40. The third-order valence-corrected chi connectivity index (χ3v) is 3.70. The lowest BCUT2D eigenvalue weighted by Gasteiger charge is -2.10. The van der Waals surface area contributed by atoms with Crippen LogP contribution in [0.15, 0.2) is 28.5 Å². The lowest BCUT2D eigenvalue weighted by molar-refractivity contribution is 0.395. The Kier molecular flexibility index (Phi) is 5.08. The lowest BCUT2D eigenvalue weighted by atomic mass is 10.2. The van der Waals surface area contributed by atoms with Gasteiger partial charge in [-0.1, -0.05) is 23.5 Å². The van der Waals surface area contributed by atoms with Crippen LogP contribution in [0.1, 0.15) is 0 Å². The molecule has 0 radical (unpaired) electrons. The molecule has 1 aromatic carbocycles. The smallest absolute Gasteiger partial charge is 0.191 e. The van der Waals surface area contributed by atoms with Crippen LogP contribution in [0.2, 0.25) is 0 Å². The average molecular weight is 309 g/mol. The van der Waals surface area contributed by atoms with E-state index in [0.29, 0.717) is 21.9 Å². The third kappa shape index (κ3) is 3.16. The van der Waals surface area contributed by atoms with Crippen LogP contribution in [0, 0.1) is 0 Å². The molecule has 5 nitrogen and oxygen atoms in total. The van der Waals surface area contributed by atoms with Gasteiger partial charge in [0, 0.05) is 6.07 Å². The number of nitrogens with zero attached hydrogens (tertiary/aromatic N) is 3. The number of aromatic nitrogens is 3. The Bertz CT molecular complexity index is 586. The van der Waals surface area contributed by atoms with E-state index in [4.69, 9.17) is 9.47 Å². The van der Waals surface area contributed by atoms with Crippen LogP contribution >= 0.6 is 23.5 Å². The first-order valence-corrected chi connectivity index (χ1v) is 8.23. The molecule has 0 saturated carbocycles. The Morgan fingerprint density at radius 2 is 1.55 bits per heavy atom. The molecule has 1 heterocycles. The van der Waals surface area contributed by atoms with Crippen LogP contribution in [0.5, 0.6) is 11.5 Å². The van der Waals surface area contributed by atoms with Gasteiger partial charge in [0.2, 0.25) is 0 Å². The number of hydrogen-bond acceptors (Lipinski definition) is 7. The molecular weight excluding hydrogens is 294 g/mol. The van der Waals surface area contributed by atoms with Crippen molar-refractivity contribution in [2.24, 2.45) is 0 Å². The molecule has 0 spiro atoms. The quantitative estimate of drug-likeness (QED) is 0.787. The summed E-state index contributed by atoms with van der Waals surface area (Å²) in [5.74, 6) is 2.01. The lowest BCUT2D eigenvalue weighted by Crippen LogP contribution is -1.99. The van der Waals surface area contributed by atoms with Crippen LogP contribution in [-0.4, -0.2) is 41.7 Å². The molecule has 0 aliphatic heterocycles. The fourth-order valence-corrected chi connectivity index (χ4v) is 2.39. The minimum Gasteiger partial charge on any atom is -0.497 e. The molecule has 0 atom stereocenters. The number of rotatable bonds is 5. The number of hydrogen-bond donors (Lipinski definition) is 0. The second-order valence-electron chi connectivity index (χ2n) is 3.70. The molecule has 106 valence electrons. The van der Waals surface area contributed by atoms with Crippen LogP contribution in [0.4, 0.5) is 0 Å². The maximum absolute atomic E-state index is 5.40. The summed E-state index contributed by atoms with van der Waals surface area (Å²) in [7, 11) is 3.24. The van der Waals surface area contributed by atoms with Crippen molar-refractivity contribution >= 4 is 23.5 Å². The van der Waals surface area contributed by atoms with Gasteiger partial charge < -0.3 is 9.47 Å². The zero-order chi connectivity index (χ0) is 14.5. The van der Waals surface area contributed by atoms with Crippen molar-refractivity contribution in [2.45, 2.75) is 10.3 Å². The fourth-order valence-electron chi connectivity index (χ4n) is 1.62. The van der Waals surface area contributed by atoms with E-state index in [0.717, 1.165) is 11.3 Å². The molecule has 2 aromatic rings. The minimum absolute atomic E-state index is 0.605. The van der Waals surface area contributed by atoms with Crippen LogP contribution < -0.4 is 9.47 Å². The Hall–Kier alpha value is -1.47. The van der Waals surface area contributed by atoms with Crippen LogP contribution in [0.3, 0.4) is 0 Å². The number of thioether (sulfide) groups is 2. The van der Waals surface area contributed by atoms with Crippen LogP contribution in [-0.2, 0) is 0 Å². The second-order valence-corrected chi connectivity index (χ2v) is 5.25. The molecule has 0 unspecified atom stereocenters. The molecule has 0 N–H and O–H groups in total. The fraction of sp³-hybridized carbons (Fsp3) is 0.308. The van der Waals surface area contributed by atoms with Gasteiger partial charge in [-0.3, -0.25) is 0 Å². The van der Waals surface area contributed by atoms with Crippen molar-refractivity contribution in [3.63, 3.8) is 0 Å². The van der Waals surface area contributed by atoms with Crippen molar-refractivity contribution in [1.29, 1.82) is 0 Å². The highest BCUT2D eigenvalue weighted by Gasteiger charge is 2.13. The Balaban J connectivity index is 2.55. The van der Waals surface area contributed by atoms with Gasteiger partial charge >= 0.3 is 0 Å². The highest BCUT2D eigenvalue weighted by atomic mass is 32.2. The molecule has 7 heteroatoms. The van der Waals surface area contributed by atoms with E-state index < -0.39 is 0 Å². The van der Waals surface area contributed by atoms with E-state index in [1.807, 2.05) is 30.7 Å². The van der Waals surface area contributed by atoms with Crippen molar-refractivity contribution in [3.8, 4) is 22.9 Å². The van der Waals surface area contributed by atoms with E-state index in [1.165, 1.54) is 23.5 Å². The number of benzene rings is 1. The van der Waals surface area contributed by atoms with Gasteiger partial charge in [0.25, 0.3) is 0 Å². The predicted octanol–water partition coefficient (Wildman–Crippen LogP) is 3.00. The zero-order valence-corrected chi connectivity index (χ0v) is 13.3. The van der Waals surface area contributed by atoms with Crippen molar-refractivity contribution in [1.82, 2.24) is 15.0 Å². The highest BCUT2D eigenvalue weighted by Crippen LogP contribution is 2.32. The molecular formula is C13H15N3O2S2. The monoisotopic (exact) mass is 309 g/mol. The van der Waals surface area contributed by atoms with Crippen molar-refractivity contribution < 1.29 is 9.47 Å². The normalized spacial score (nSPS) is 10.4. The Morgan fingerprint density at radius 3 is 2.05 bits per heavy atom. The Morgan fingerprint density at radius 1 is 0.900 bits per heavy atom. The molecule has 0 aliphatic carbocycles. The summed E-state index contributed by atoms with van der Waals surface area (Å²) in [6.07, 6.45) is 3.88. The molecule has 20 heavy (non-hydrogen) atoms. The average Bonchev–Trinajstić information content (AvgIpc) is 2.53. The Labute approximate surface area is 126 Å². The zero-order valence-electron chi connectivity index (χ0n) is 11.7. The van der Waals surface area contributed by atoms with E-state index in [9.17, 15) is 0 Å². The van der Waals surface area contributed by atoms with Gasteiger partial charge in [-0.25, -0.2) is 9.97 Å². The summed E-state index contributed by atoms with van der Waals surface area (Å²) < 4.78 is 10.6. The van der Waals surface area contributed by atoms with Gasteiger partial charge in [-0.15, -0.1) is 0 Å². The summed E-state index contributed by atoms with van der Waals surface area (Å²) in [5.41, 5.74) is 0.821. The third-order valence-electron chi connectivity index (χ3n) is 2.61.